The van der Waals surface area contributed by atoms with Crippen LogP contribution in [0.3, 0.4) is 0 Å². The smallest absolute Gasteiger partial charge is 0.346 e. The van der Waals surface area contributed by atoms with Gasteiger partial charge in [-0.3, -0.25) is 18.8 Å². The fraction of sp³-hybridized carbons (Fsp3) is 0.857. The van der Waals surface area contributed by atoms with Crippen molar-refractivity contribution < 1.29 is 37.3 Å². The van der Waals surface area contributed by atoms with Crippen LogP contribution in [0.15, 0.2) is 0 Å². The Kier molecular flexibility index (Phi) is 17.3. The number of hydrogen-bond acceptors (Lipinski definition) is 6. The lowest BCUT2D eigenvalue weighted by Gasteiger charge is -2.03. The molecule has 0 aliphatic rings. The van der Waals surface area contributed by atoms with Crippen molar-refractivity contribution in [3.63, 3.8) is 0 Å². The third-order valence-corrected chi connectivity index (χ3v) is 3.08. The maximum atomic E-state index is 10.9. The minimum absolute atomic E-state index is 0.449. The Morgan fingerprint density at radius 3 is 1.62 bits per heavy atom. The summed E-state index contributed by atoms with van der Waals surface area (Å²) >= 11 is 0. The molecule has 0 unspecified atom stereocenters. The van der Waals surface area contributed by atoms with Crippen molar-refractivity contribution in [3.8, 4) is 0 Å². The molecular weight excluding hydrogens is 342 g/mol. The summed E-state index contributed by atoms with van der Waals surface area (Å²) in [6, 6.07) is 0. The van der Waals surface area contributed by atoms with Gasteiger partial charge in [-0.1, -0.05) is 64.7 Å². The predicted molar refractivity (Wildman–Crippen MR) is 87.8 cm³/mol. The van der Waals surface area contributed by atoms with E-state index in [1.165, 1.54) is 44.9 Å². The van der Waals surface area contributed by atoms with Crippen molar-refractivity contribution in [1.29, 1.82) is 0 Å². The van der Waals surface area contributed by atoms with Crippen molar-refractivity contribution >= 4 is 22.3 Å². The summed E-state index contributed by atoms with van der Waals surface area (Å²) in [4.78, 5) is 24.7. The Morgan fingerprint density at radius 1 is 0.875 bits per heavy atom. The Bertz CT molecular complexity index is 416. The van der Waals surface area contributed by atoms with Crippen LogP contribution >= 0.6 is 0 Å². The topological polar surface area (TPSA) is 150 Å². The highest BCUT2D eigenvalue weighted by molar-refractivity contribution is 7.79. The van der Waals surface area contributed by atoms with Gasteiger partial charge in [0.15, 0.2) is 0 Å². The molecule has 24 heavy (non-hydrogen) atoms. The van der Waals surface area contributed by atoms with E-state index in [0.717, 1.165) is 19.3 Å². The van der Waals surface area contributed by atoms with Gasteiger partial charge in [0, 0.05) is 6.54 Å². The number of rotatable bonds is 11. The molecule has 1 amide bonds. The quantitative estimate of drug-likeness (QED) is 0.142. The zero-order chi connectivity index (χ0) is 18.8. The number of hydrogen-bond donors (Lipinski definition) is 4. The molecule has 9 nitrogen and oxygen atoms in total. The van der Waals surface area contributed by atoms with Gasteiger partial charge in [-0.2, -0.15) is 13.7 Å². The first-order valence-corrected chi connectivity index (χ1v) is 9.45. The summed E-state index contributed by atoms with van der Waals surface area (Å²) in [6.07, 6.45) is 12.2. The van der Waals surface area contributed by atoms with Crippen LogP contribution in [0.1, 0.15) is 71.1 Å². The standard InChI is InChI=1S/C14H27NO4.H2O4S/c1-2-3-4-5-6-7-8-9-10-11-12-15-13(16)14(17)19-18;1-5(2,3)4/h18H,2-12H2,1H3,(H,15,16);(H2,1,2,3,4). The molecule has 0 saturated heterocycles. The second-order valence-corrected chi connectivity index (χ2v) is 6.16. The zero-order valence-electron chi connectivity index (χ0n) is 14.1. The molecule has 0 aliphatic heterocycles. The Balaban J connectivity index is 0. The summed E-state index contributed by atoms with van der Waals surface area (Å²) in [5.74, 6) is -2.15. The van der Waals surface area contributed by atoms with E-state index in [9.17, 15) is 9.59 Å². The molecule has 0 atom stereocenters. The molecule has 0 bridgehead atoms. The molecule has 4 N–H and O–H groups in total. The highest BCUT2D eigenvalue weighted by Gasteiger charge is 2.13. The molecule has 0 rings (SSSR count). The maximum absolute atomic E-state index is 10.9. The van der Waals surface area contributed by atoms with Crippen molar-refractivity contribution in [2.24, 2.45) is 0 Å². The first-order chi connectivity index (χ1) is 11.2. The van der Waals surface area contributed by atoms with E-state index in [1.807, 2.05) is 0 Å². The van der Waals surface area contributed by atoms with Crippen molar-refractivity contribution in [2.75, 3.05) is 6.54 Å². The van der Waals surface area contributed by atoms with Crippen molar-refractivity contribution in [2.45, 2.75) is 71.1 Å². The minimum atomic E-state index is -4.67. The van der Waals surface area contributed by atoms with Crippen LogP contribution in [0.5, 0.6) is 0 Å². The molecule has 0 aromatic rings. The molecule has 0 heterocycles. The number of carbonyl (C=O) groups excluding carboxylic acids is 2. The first-order valence-electron chi connectivity index (χ1n) is 8.05. The van der Waals surface area contributed by atoms with E-state index in [4.69, 9.17) is 22.8 Å². The summed E-state index contributed by atoms with van der Waals surface area (Å²) in [6.45, 7) is 2.67. The molecule has 0 aliphatic carbocycles. The normalized spacial score (nSPS) is 10.5. The summed E-state index contributed by atoms with van der Waals surface area (Å²) in [5, 5.41) is 10.4. The van der Waals surface area contributed by atoms with Gasteiger partial charge in [0.25, 0.3) is 0 Å². The molecule has 10 heteroatoms. The van der Waals surface area contributed by atoms with Crippen LogP contribution in [-0.2, 0) is 24.9 Å². The second-order valence-electron chi connectivity index (χ2n) is 5.26. The lowest BCUT2D eigenvalue weighted by molar-refractivity contribution is -0.232. The van der Waals surface area contributed by atoms with E-state index in [2.05, 4.69) is 17.1 Å². The Morgan fingerprint density at radius 2 is 1.25 bits per heavy atom. The highest BCUT2D eigenvalue weighted by Crippen LogP contribution is 2.10. The fourth-order valence-corrected chi connectivity index (χ4v) is 1.93. The molecule has 0 radical (unpaired) electrons. The summed E-state index contributed by atoms with van der Waals surface area (Å²) in [5.41, 5.74) is 0. The Labute approximate surface area is 143 Å². The van der Waals surface area contributed by atoms with Crippen LogP contribution in [-0.4, -0.2) is 41.2 Å². The molecule has 0 saturated carbocycles. The number of amides is 1. The molecule has 144 valence electrons. The summed E-state index contributed by atoms with van der Waals surface area (Å²) < 4.78 is 31.6. The van der Waals surface area contributed by atoms with Crippen molar-refractivity contribution in [1.82, 2.24) is 5.32 Å². The van der Waals surface area contributed by atoms with Crippen LogP contribution < -0.4 is 5.32 Å². The van der Waals surface area contributed by atoms with Crippen molar-refractivity contribution in [3.05, 3.63) is 0 Å². The van der Waals surface area contributed by atoms with Gasteiger partial charge in [0.05, 0.1) is 0 Å². The lowest BCUT2D eigenvalue weighted by Crippen LogP contribution is -2.32. The minimum Gasteiger partial charge on any atom is -0.346 e. The van der Waals surface area contributed by atoms with Gasteiger partial charge in [-0.05, 0) is 6.42 Å². The average Bonchev–Trinajstić information content (AvgIpc) is 2.50. The van der Waals surface area contributed by atoms with E-state index in [0.29, 0.717) is 6.54 Å². The number of unbranched alkanes of at least 4 members (excludes halogenated alkanes) is 9. The molecule has 0 fully saturated rings. The van der Waals surface area contributed by atoms with Gasteiger partial charge in [0.2, 0.25) is 0 Å². The average molecular weight is 371 g/mol. The second kappa shape index (κ2) is 16.6. The maximum Gasteiger partial charge on any atom is 0.429 e. The SMILES string of the molecule is CCCCCCCCCCCCNC(=O)C(=O)OO.O=S(=O)(O)O. The van der Waals surface area contributed by atoms with E-state index in [1.54, 1.807) is 0 Å². The highest BCUT2D eigenvalue weighted by atomic mass is 32.3. The first kappa shape index (κ1) is 25.0. The van der Waals surface area contributed by atoms with Gasteiger partial charge < -0.3 is 5.32 Å². The third-order valence-electron chi connectivity index (χ3n) is 3.08. The number of carbonyl (C=O) groups is 2. The Hall–Kier alpha value is -1.23. The fourth-order valence-electron chi connectivity index (χ4n) is 1.93. The van der Waals surface area contributed by atoms with Crippen LogP contribution in [0, 0.1) is 0 Å². The third kappa shape index (κ3) is 25.7. The molecule has 0 spiro atoms. The van der Waals surface area contributed by atoms with Gasteiger partial charge in [0.1, 0.15) is 0 Å². The molecular formula is C14H29NO8S. The van der Waals surface area contributed by atoms with E-state index in [-0.39, 0.29) is 0 Å². The van der Waals surface area contributed by atoms with Gasteiger partial charge >= 0.3 is 22.3 Å². The monoisotopic (exact) mass is 371 g/mol. The van der Waals surface area contributed by atoms with Crippen LogP contribution in [0.25, 0.3) is 0 Å². The number of nitrogens with one attached hydrogen (secondary N) is 1. The lowest BCUT2D eigenvalue weighted by atomic mass is 10.1. The molecule has 0 aromatic heterocycles. The predicted octanol–water partition coefficient (Wildman–Crippen LogP) is 2.39. The van der Waals surface area contributed by atoms with E-state index < -0.39 is 22.3 Å². The van der Waals surface area contributed by atoms with E-state index >= 15 is 0 Å². The molecule has 0 aromatic carbocycles. The largest absolute Gasteiger partial charge is 0.429 e. The zero-order valence-corrected chi connectivity index (χ0v) is 14.9. The van der Waals surface area contributed by atoms with Crippen LogP contribution in [0.2, 0.25) is 0 Å². The van der Waals surface area contributed by atoms with Gasteiger partial charge in [-0.25, -0.2) is 4.79 Å². The van der Waals surface area contributed by atoms with Crippen LogP contribution in [0.4, 0.5) is 0 Å². The summed E-state index contributed by atoms with van der Waals surface area (Å²) in [7, 11) is -4.67. The van der Waals surface area contributed by atoms with Gasteiger partial charge in [-0.15, -0.1) is 0 Å².